The zero-order valence-electron chi connectivity index (χ0n) is 21.1. The van der Waals surface area contributed by atoms with Crippen LogP contribution in [-0.4, -0.2) is 24.4 Å². The summed E-state index contributed by atoms with van der Waals surface area (Å²) in [4.78, 5) is 0. The quantitative estimate of drug-likeness (QED) is 0.155. The minimum atomic E-state index is 0.0573. The Morgan fingerprint density at radius 3 is 1.28 bits per heavy atom. The van der Waals surface area contributed by atoms with Gasteiger partial charge in [-0.2, -0.15) is 0 Å². The Bertz CT molecular complexity index is 612. The van der Waals surface area contributed by atoms with Gasteiger partial charge in [0.15, 0.2) is 11.5 Å². The predicted molar refractivity (Wildman–Crippen MR) is 135 cm³/mol. The molecule has 1 radical (unpaired) electrons. The Balaban J connectivity index is 2.05. The van der Waals surface area contributed by atoms with E-state index in [-0.39, 0.29) is 23.0 Å². The zero-order valence-corrected chi connectivity index (χ0v) is 21.1. The average Bonchev–Trinajstić information content (AvgIpc) is 2.80. The molecule has 32 heavy (non-hydrogen) atoms. The first-order chi connectivity index (χ1) is 15.6. The zero-order chi connectivity index (χ0) is 23.6. The van der Waals surface area contributed by atoms with Gasteiger partial charge in [-0.25, -0.2) is 0 Å². The summed E-state index contributed by atoms with van der Waals surface area (Å²) in [6, 6.07) is 0. The fourth-order valence-electron chi connectivity index (χ4n) is 4.48. The lowest BCUT2D eigenvalue weighted by Crippen LogP contribution is -1.99. The van der Waals surface area contributed by atoms with E-state index in [0.29, 0.717) is 5.56 Å². The Morgan fingerprint density at radius 2 is 0.906 bits per heavy atom. The van der Waals surface area contributed by atoms with Gasteiger partial charge >= 0.3 is 0 Å². The second-order valence-corrected chi connectivity index (χ2v) is 9.13. The molecule has 0 atom stereocenters. The molecule has 1 aromatic rings. The molecule has 0 bridgehead atoms. The van der Waals surface area contributed by atoms with Gasteiger partial charge in [0.2, 0.25) is 11.5 Å². The summed E-state index contributed by atoms with van der Waals surface area (Å²) >= 11 is 0. The van der Waals surface area contributed by atoms with Crippen molar-refractivity contribution in [2.24, 2.45) is 0 Å². The third kappa shape index (κ3) is 10.4. The van der Waals surface area contributed by atoms with Gasteiger partial charge in [-0.05, 0) is 19.8 Å². The summed E-state index contributed by atoms with van der Waals surface area (Å²) in [5, 5.41) is 20.9. The largest absolute Gasteiger partial charge is 0.504 e. The van der Waals surface area contributed by atoms with Crippen molar-refractivity contribution in [3.05, 3.63) is 18.1 Å². The Hall–Kier alpha value is -1.58. The van der Waals surface area contributed by atoms with Gasteiger partial charge < -0.3 is 19.7 Å². The molecule has 1 rings (SSSR count). The van der Waals surface area contributed by atoms with Crippen LogP contribution in [0.3, 0.4) is 0 Å². The first-order valence-corrected chi connectivity index (χ1v) is 13.0. The van der Waals surface area contributed by atoms with Crippen LogP contribution in [0, 0.1) is 13.8 Å². The second kappa shape index (κ2) is 17.9. The summed E-state index contributed by atoms with van der Waals surface area (Å²) < 4.78 is 10.4. The molecule has 0 aromatic heterocycles. The van der Waals surface area contributed by atoms with Gasteiger partial charge in [-0.3, -0.25) is 0 Å². The van der Waals surface area contributed by atoms with Crippen LogP contribution in [0.1, 0.15) is 120 Å². The SMILES string of the molecule is [CH2]CCCCCCCCCCCCCCCCCCc1c(C)c(O)c(OC)c(OC)c1O. The number of hydrogen-bond donors (Lipinski definition) is 2. The molecule has 0 saturated heterocycles. The third-order valence-corrected chi connectivity index (χ3v) is 6.57. The van der Waals surface area contributed by atoms with Crippen LogP contribution in [0.15, 0.2) is 0 Å². The molecule has 0 fully saturated rings. The van der Waals surface area contributed by atoms with Gasteiger partial charge in [0.1, 0.15) is 0 Å². The van der Waals surface area contributed by atoms with Crippen LogP contribution >= 0.6 is 0 Å². The van der Waals surface area contributed by atoms with Crippen molar-refractivity contribution in [3.63, 3.8) is 0 Å². The summed E-state index contributed by atoms with van der Waals surface area (Å²) in [5.41, 5.74) is 1.44. The summed E-state index contributed by atoms with van der Waals surface area (Å²) in [5.74, 6) is 0.567. The van der Waals surface area contributed by atoms with Crippen LogP contribution < -0.4 is 9.47 Å². The summed E-state index contributed by atoms with van der Waals surface area (Å²) in [7, 11) is 2.94. The van der Waals surface area contributed by atoms with E-state index in [1.807, 2.05) is 6.92 Å². The Kier molecular flexibility index (Phi) is 15.9. The van der Waals surface area contributed by atoms with Crippen molar-refractivity contribution >= 4 is 0 Å². The van der Waals surface area contributed by atoms with E-state index in [0.717, 1.165) is 31.2 Å². The first kappa shape index (κ1) is 28.5. The molecule has 0 amide bonds. The predicted octanol–water partition coefficient (Wildman–Crippen LogP) is 8.43. The number of hydrogen-bond acceptors (Lipinski definition) is 4. The molecule has 0 saturated carbocycles. The van der Waals surface area contributed by atoms with E-state index in [1.165, 1.54) is 104 Å². The number of benzene rings is 1. The van der Waals surface area contributed by atoms with Crippen molar-refractivity contribution < 1.29 is 19.7 Å². The molecule has 185 valence electrons. The van der Waals surface area contributed by atoms with Crippen molar-refractivity contribution in [2.75, 3.05) is 14.2 Å². The minimum absolute atomic E-state index is 0.0573. The fourth-order valence-corrected chi connectivity index (χ4v) is 4.48. The number of phenols is 2. The number of unbranched alkanes of at least 4 members (excludes halogenated alkanes) is 16. The lowest BCUT2D eigenvalue weighted by atomic mass is 9.98. The van der Waals surface area contributed by atoms with Crippen LogP contribution in [0.25, 0.3) is 0 Å². The van der Waals surface area contributed by atoms with Crippen LogP contribution in [0.2, 0.25) is 0 Å². The van der Waals surface area contributed by atoms with Crippen molar-refractivity contribution in [1.29, 1.82) is 0 Å². The topological polar surface area (TPSA) is 58.9 Å². The van der Waals surface area contributed by atoms with E-state index >= 15 is 0 Å². The molecule has 1 aromatic carbocycles. The van der Waals surface area contributed by atoms with Gasteiger partial charge in [-0.1, -0.05) is 110 Å². The highest BCUT2D eigenvalue weighted by atomic mass is 16.5. The molecular formula is C28H49O4. The second-order valence-electron chi connectivity index (χ2n) is 9.13. The molecular weight excluding hydrogens is 400 g/mol. The maximum atomic E-state index is 10.5. The van der Waals surface area contributed by atoms with E-state index in [1.54, 1.807) is 0 Å². The number of aromatic hydroxyl groups is 2. The highest BCUT2D eigenvalue weighted by Crippen LogP contribution is 2.48. The van der Waals surface area contributed by atoms with Crippen molar-refractivity contribution in [3.8, 4) is 23.0 Å². The van der Waals surface area contributed by atoms with Crippen LogP contribution in [0.4, 0.5) is 0 Å². The van der Waals surface area contributed by atoms with E-state index in [2.05, 4.69) is 6.92 Å². The smallest absolute Gasteiger partial charge is 0.207 e. The van der Waals surface area contributed by atoms with Crippen molar-refractivity contribution in [2.45, 2.75) is 122 Å². The summed E-state index contributed by atoms with van der Waals surface area (Å²) in [6.45, 7) is 5.72. The van der Waals surface area contributed by atoms with Gasteiger partial charge in [-0.15, -0.1) is 0 Å². The molecule has 0 unspecified atom stereocenters. The lowest BCUT2D eigenvalue weighted by molar-refractivity contribution is 0.313. The van der Waals surface area contributed by atoms with Gasteiger partial charge in [0, 0.05) is 11.1 Å². The number of ether oxygens (including phenoxy) is 2. The molecule has 4 heteroatoms. The molecule has 2 N–H and O–H groups in total. The third-order valence-electron chi connectivity index (χ3n) is 6.57. The normalized spacial score (nSPS) is 11.1. The monoisotopic (exact) mass is 449 g/mol. The first-order valence-electron chi connectivity index (χ1n) is 13.0. The fraction of sp³-hybridized carbons (Fsp3) is 0.750. The molecule has 0 heterocycles. The van der Waals surface area contributed by atoms with Crippen LogP contribution in [0.5, 0.6) is 23.0 Å². The van der Waals surface area contributed by atoms with Gasteiger partial charge in [0.25, 0.3) is 0 Å². The minimum Gasteiger partial charge on any atom is -0.504 e. The molecule has 0 aliphatic heterocycles. The standard InChI is InChI=1S/C28H49O4/c1-5-6-7-8-9-10-11-12-13-14-15-16-17-18-19-20-21-22-24-23(2)25(29)27(31-3)28(32-4)26(24)30/h29-30H,1,5-22H2,2-4H3. The number of rotatable bonds is 20. The average molecular weight is 450 g/mol. The Labute approximate surface area is 197 Å². The highest BCUT2D eigenvalue weighted by molar-refractivity contribution is 5.65. The van der Waals surface area contributed by atoms with Crippen molar-refractivity contribution in [1.82, 2.24) is 0 Å². The van der Waals surface area contributed by atoms with E-state index in [4.69, 9.17) is 9.47 Å². The molecule has 0 aliphatic rings. The van der Waals surface area contributed by atoms with E-state index < -0.39 is 0 Å². The number of phenolic OH excluding ortho intramolecular Hbond substituents is 2. The highest BCUT2D eigenvalue weighted by Gasteiger charge is 2.22. The molecule has 0 spiro atoms. The van der Waals surface area contributed by atoms with Gasteiger partial charge in [0.05, 0.1) is 14.2 Å². The lowest BCUT2D eigenvalue weighted by Gasteiger charge is -2.17. The molecule has 4 nitrogen and oxygen atoms in total. The van der Waals surface area contributed by atoms with Crippen LogP contribution in [-0.2, 0) is 6.42 Å². The number of methoxy groups -OCH3 is 2. The Morgan fingerprint density at radius 1 is 0.562 bits per heavy atom. The van der Waals surface area contributed by atoms with E-state index in [9.17, 15) is 10.2 Å². The maximum Gasteiger partial charge on any atom is 0.207 e. The maximum absolute atomic E-state index is 10.5. The summed E-state index contributed by atoms with van der Waals surface area (Å²) in [6.07, 6.45) is 23.0. The molecule has 0 aliphatic carbocycles.